The van der Waals surface area contributed by atoms with Gasteiger partial charge in [0.05, 0.1) is 9.82 Å². The zero-order chi connectivity index (χ0) is 23.5. The molecule has 0 bridgehead atoms. The van der Waals surface area contributed by atoms with Crippen molar-refractivity contribution >= 4 is 33.2 Å². The van der Waals surface area contributed by atoms with Crippen LogP contribution in [0.3, 0.4) is 0 Å². The molecule has 0 radical (unpaired) electrons. The van der Waals surface area contributed by atoms with Gasteiger partial charge in [-0.2, -0.15) is 0 Å². The van der Waals surface area contributed by atoms with Gasteiger partial charge in [0.1, 0.15) is 0 Å². The van der Waals surface area contributed by atoms with E-state index < -0.39 is 14.9 Å². The molecule has 2 amide bonds. The maximum Gasteiger partial charge on any atom is 0.273 e. The molecule has 0 unspecified atom stereocenters. The highest BCUT2D eigenvalue weighted by Gasteiger charge is 2.24. The standard InChI is InChI=1S/C21H24N4O6S/c1-14-3-8-19(13-20(14)25(28)29)32(30,31)23-18-6-4-16(5-7-18)21(27)24-11-9-17(10-12-24)22-15(2)26/h3-8,13,17,23H,9-12H2,1-2H3,(H,22,26). The molecule has 0 aromatic heterocycles. The Hall–Kier alpha value is -3.47. The average molecular weight is 461 g/mol. The second kappa shape index (κ2) is 9.35. The number of aryl methyl sites for hydroxylation is 1. The molecule has 170 valence electrons. The van der Waals surface area contributed by atoms with Gasteiger partial charge in [-0.25, -0.2) is 8.42 Å². The van der Waals surface area contributed by atoms with Crippen molar-refractivity contribution in [3.8, 4) is 0 Å². The van der Waals surface area contributed by atoms with Crippen LogP contribution in [-0.4, -0.2) is 49.2 Å². The number of nitrogens with one attached hydrogen (secondary N) is 2. The highest BCUT2D eigenvalue weighted by Crippen LogP contribution is 2.24. The van der Waals surface area contributed by atoms with Crippen molar-refractivity contribution in [2.75, 3.05) is 17.8 Å². The van der Waals surface area contributed by atoms with E-state index in [2.05, 4.69) is 10.0 Å². The summed E-state index contributed by atoms with van der Waals surface area (Å²) in [4.78, 5) is 35.8. The Morgan fingerprint density at radius 3 is 2.28 bits per heavy atom. The number of nitro groups is 1. The van der Waals surface area contributed by atoms with Crippen LogP contribution in [0.2, 0.25) is 0 Å². The highest BCUT2D eigenvalue weighted by molar-refractivity contribution is 7.92. The number of carbonyl (C=O) groups is 2. The van der Waals surface area contributed by atoms with Crippen LogP contribution in [0, 0.1) is 17.0 Å². The third-order valence-electron chi connectivity index (χ3n) is 5.26. The van der Waals surface area contributed by atoms with Crippen molar-refractivity contribution in [3.05, 3.63) is 63.7 Å². The van der Waals surface area contributed by atoms with Crippen molar-refractivity contribution in [2.45, 2.75) is 37.6 Å². The van der Waals surface area contributed by atoms with Crippen molar-refractivity contribution < 1.29 is 22.9 Å². The van der Waals surface area contributed by atoms with E-state index >= 15 is 0 Å². The molecule has 0 atom stereocenters. The molecular weight excluding hydrogens is 436 g/mol. The van der Waals surface area contributed by atoms with Gasteiger partial charge in [0, 0.05) is 48.9 Å². The molecular formula is C21H24N4O6S. The van der Waals surface area contributed by atoms with Gasteiger partial charge in [-0.15, -0.1) is 0 Å². The quantitative estimate of drug-likeness (QED) is 0.501. The molecule has 2 aromatic carbocycles. The number of hydrogen-bond acceptors (Lipinski definition) is 6. The first-order valence-electron chi connectivity index (χ1n) is 10.0. The van der Waals surface area contributed by atoms with Crippen LogP contribution in [0.5, 0.6) is 0 Å². The number of sulfonamides is 1. The third kappa shape index (κ3) is 5.41. The molecule has 32 heavy (non-hydrogen) atoms. The summed E-state index contributed by atoms with van der Waals surface area (Å²) in [6, 6.07) is 9.74. The van der Waals surface area contributed by atoms with E-state index in [0.717, 1.165) is 6.07 Å². The topological polar surface area (TPSA) is 139 Å². The van der Waals surface area contributed by atoms with Crippen LogP contribution in [0.25, 0.3) is 0 Å². The summed E-state index contributed by atoms with van der Waals surface area (Å²) < 4.78 is 27.6. The summed E-state index contributed by atoms with van der Waals surface area (Å²) in [6.45, 7) is 4.03. The van der Waals surface area contributed by atoms with Crippen LogP contribution in [0.1, 0.15) is 35.7 Å². The van der Waals surface area contributed by atoms with Gasteiger partial charge >= 0.3 is 0 Å². The van der Waals surface area contributed by atoms with Crippen LogP contribution < -0.4 is 10.0 Å². The predicted molar refractivity (Wildman–Crippen MR) is 118 cm³/mol. The lowest BCUT2D eigenvalue weighted by Crippen LogP contribution is -2.46. The van der Waals surface area contributed by atoms with Crippen LogP contribution in [0.4, 0.5) is 11.4 Å². The first-order valence-corrected chi connectivity index (χ1v) is 11.5. The molecule has 0 aliphatic carbocycles. The number of anilines is 1. The Labute approximate surface area is 185 Å². The predicted octanol–water partition coefficient (Wildman–Crippen LogP) is 2.44. The van der Waals surface area contributed by atoms with Crippen LogP contribution in [0.15, 0.2) is 47.4 Å². The number of piperidine rings is 1. The van der Waals surface area contributed by atoms with E-state index in [1.807, 2.05) is 0 Å². The van der Waals surface area contributed by atoms with E-state index in [9.17, 15) is 28.1 Å². The summed E-state index contributed by atoms with van der Waals surface area (Å²) in [6.07, 6.45) is 1.35. The number of benzene rings is 2. The minimum Gasteiger partial charge on any atom is -0.353 e. The number of carbonyl (C=O) groups excluding carboxylic acids is 2. The first kappa shape index (κ1) is 23.2. The molecule has 2 N–H and O–H groups in total. The maximum absolute atomic E-state index is 12.7. The zero-order valence-electron chi connectivity index (χ0n) is 17.7. The Bertz CT molecular complexity index is 1140. The fourth-order valence-electron chi connectivity index (χ4n) is 3.54. The number of rotatable bonds is 6. The van der Waals surface area contributed by atoms with Crippen molar-refractivity contribution in [2.24, 2.45) is 0 Å². The number of amides is 2. The van der Waals surface area contributed by atoms with Crippen LogP contribution >= 0.6 is 0 Å². The summed E-state index contributed by atoms with van der Waals surface area (Å²) in [5, 5.41) is 13.9. The molecule has 10 nitrogen and oxygen atoms in total. The second-order valence-electron chi connectivity index (χ2n) is 7.66. The third-order valence-corrected chi connectivity index (χ3v) is 6.64. The summed E-state index contributed by atoms with van der Waals surface area (Å²) >= 11 is 0. The van der Waals surface area contributed by atoms with E-state index in [-0.39, 0.29) is 34.1 Å². The number of likely N-dealkylation sites (tertiary alicyclic amines) is 1. The van der Waals surface area contributed by atoms with E-state index in [1.54, 1.807) is 4.90 Å². The fourth-order valence-corrected chi connectivity index (χ4v) is 4.62. The Kier molecular flexibility index (Phi) is 6.78. The number of hydrogen-bond donors (Lipinski definition) is 2. The van der Waals surface area contributed by atoms with E-state index in [4.69, 9.17) is 0 Å². The van der Waals surface area contributed by atoms with Gasteiger partial charge < -0.3 is 10.2 Å². The SMILES string of the molecule is CC(=O)NC1CCN(C(=O)c2ccc(NS(=O)(=O)c3ccc(C)c([N+](=O)[O-])c3)cc2)CC1. The lowest BCUT2D eigenvalue weighted by atomic mass is 10.0. The molecule has 0 spiro atoms. The second-order valence-corrected chi connectivity index (χ2v) is 9.34. The molecule has 3 rings (SSSR count). The van der Waals surface area contributed by atoms with Gasteiger partial charge in [0.25, 0.3) is 21.6 Å². The lowest BCUT2D eigenvalue weighted by molar-refractivity contribution is -0.385. The van der Waals surface area contributed by atoms with Gasteiger partial charge in [0.2, 0.25) is 5.91 Å². The van der Waals surface area contributed by atoms with E-state index in [1.165, 1.54) is 50.2 Å². The molecule has 1 fully saturated rings. The highest BCUT2D eigenvalue weighted by atomic mass is 32.2. The molecule has 11 heteroatoms. The van der Waals surface area contributed by atoms with Crippen molar-refractivity contribution in [3.63, 3.8) is 0 Å². The average Bonchev–Trinajstić information content (AvgIpc) is 2.73. The van der Waals surface area contributed by atoms with Gasteiger partial charge in [-0.3, -0.25) is 24.4 Å². The molecule has 1 aliphatic heterocycles. The van der Waals surface area contributed by atoms with E-state index in [0.29, 0.717) is 37.1 Å². The molecule has 1 heterocycles. The minimum atomic E-state index is -4.04. The molecule has 2 aromatic rings. The number of nitro benzene ring substituents is 1. The summed E-state index contributed by atoms with van der Waals surface area (Å²) in [5.74, 6) is -0.261. The summed E-state index contributed by atoms with van der Waals surface area (Å²) in [7, 11) is -4.04. The van der Waals surface area contributed by atoms with Crippen LogP contribution in [-0.2, 0) is 14.8 Å². The molecule has 1 aliphatic rings. The molecule has 0 saturated carbocycles. The summed E-state index contributed by atoms with van der Waals surface area (Å²) in [5.41, 5.74) is 0.722. The first-order chi connectivity index (χ1) is 15.1. The fraction of sp³-hybridized carbons (Fsp3) is 0.333. The Balaban J connectivity index is 1.67. The van der Waals surface area contributed by atoms with Crippen molar-refractivity contribution in [1.82, 2.24) is 10.2 Å². The normalized spacial score (nSPS) is 14.6. The largest absolute Gasteiger partial charge is 0.353 e. The van der Waals surface area contributed by atoms with Crippen molar-refractivity contribution in [1.29, 1.82) is 0 Å². The van der Waals surface area contributed by atoms with Gasteiger partial charge in [-0.1, -0.05) is 6.07 Å². The Morgan fingerprint density at radius 2 is 1.72 bits per heavy atom. The minimum absolute atomic E-state index is 0.0610. The monoisotopic (exact) mass is 460 g/mol. The van der Waals surface area contributed by atoms with Gasteiger partial charge in [-0.05, 0) is 50.1 Å². The molecule has 1 saturated heterocycles. The zero-order valence-corrected chi connectivity index (χ0v) is 18.5. The number of nitrogens with zero attached hydrogens (tertiary/aromatic N) is 2. The Morgan fingerprint density at radius 1 is 1.09 bits per heavy atom. The lowest BCUT2D eigenvalue weighted by Gasteiger charge is -2.32. The van der Waals surface area contributed by atoms with Gasteiger partial charge in [0.15, 0.2) is 0 Å². The smallest absolute Gasteiger partial charge is 0.273 e. The maximum atomic E-state index is 12.7.